The van der Waals surface area contributed by atoms with Gasteiger partial charge in [0, 0.05) is 0 Å². The molecule has 1 N–H and O–H groups in total. The second-order valence-electron chi connectivity index (χ2n) is 4.11. The zero-order valence-electron chi connectivity index (χ0n) is 10.2. The van der Waals surface area contributed by atoms with Crippen molar-refractivity contribution in [3.05, 3.63) is 34.9 Å². The molecule has 1 rings (SSSR count). The third kappa shape index (κ3) is 4.04. The highest BCUT2D eigenvalue weighted by Crippen LogP contribution is 2.10. The first-order valence-electron chi connectivity index (χ1n) is 5.98. The Morgan fingerprint density at radius 3 is 2.75 bits per heavy atom. The fourth-order valence-electron chi connectivity index (χ4n) is 1.67. The third-order valence-electron chi connectivity index (χ3n) is 2.71. The molecule has 1 aromatic rings. The van der Waals surface area contributed by atoms with Gasteiger partial charge >= 0.3 is 0 Å². The summed E-state index contributed by atoms with van der Waals surface area (Å²) in [5.41, 5.74) is 3.16. The number of unbranched alkanes of at least 4 members (excludes halogenated alkanes) is 1. The third-order valence-corrected chi connectivity index (χ3v) is 2.71. The van der Waals surface area contributed by atoms with Crippen molar-refractivity contribution >= 4 is 0 Å². The number of nitriles is 1. The average molecular weight is 216 g/mol. The minimum Gasteiger partial charge on any atom is -0.316 e. The molecule has 0 saturated heterocycles. The second-order valence-corrected chi connectivity index (χ2v) is 4.11. The van der Waals surface area contributed by atoms with Gasteiger partial charge in [-0.3, -0.25) is 0 Å². The second kappa shape index (κ2) is 7.03. The number of hydrogen-bond donors (Lipinski definition) is 1. The smallest absolute Gasteiger partial charge is 0.0994 e. The molecule has 0 amide bonds. The quantitative estimate of drug-likeness (QED) is 0.742. The lowest BCUT2D eigenvalue weighted by Gasteiger charge is -2.05. The van der Waals surface area contributed by atoms with Crippen LogP contribution in [0.2, 0.25) is 0 Å². The van der Waals surface area contributed by atoms with Gasteiger partial charge in [-0.1, -0.05) is 25.5 Å². The molecular weight excluding hydrogens is 196 g/mol. The molecule has 2 nitrogen and oxygen atoms in total. The van der Waals surface area contributed by atoms with Crippen LogP contribution in [0.3, 0.4) is 0 Å². The first-order valence-corrected chi connectivity index (χ1v) is 5.98. The van der Waals surface area contributed by atoms with E-state index in [1.54, 1.807) is 0 Å². The minimum atomic E-state index is 0.780. The Balaban J connectivity index is 2.38. The van der Waals surface area contributed by atoms with Crippen LogP contribution < -0.4 is 5.32 Å². The van der Waals surface area contributed by atoms with Crippen molar-refractivity contribution < 1.29 is 0 Å². The largest absolute Gasteiger partial charge is 0.316 e. The maximum atomic E-state index is 8.82. The lowest BCUT2D eigenvalue weighted by Crippen LogP contribution is -2.18. The van der Waals surface area contributed by atoms with Crippen molar-refractivity contribution in [2.24, 2.45) is 0 Å². The van der Waals surface area contributed by atoms with E-state index < -0.39 is 0 Å². The number of aryl methyl sites for hydroxylation is 1. The lowest BCUT2D eigenvalue weighted by atomic mass is 10.0. The van der Waals surface area contributed by atoms with Gasteiger partial charge in [0.05, 0.1) is 11.6 Å². The van der Waals surface area contributed by atoms with E-state index in [0.717, 1.165) is 30.6 Å². The topological polar surface area (TPSA) is 35.8 Å². The van der Waals surface area contributed by atoms with Gasteiger partial charge < -0.3 is 5.32 Å². The fourth-order valence-corrected chi connectivity index (χ4v) is 1.67. The van der Waals surface area contributed by atoms with E-state index in [9.17, 15) is 0 Å². The Hall–Kier alpha value is -1.33. The lowest BCUT2D eigenvalue weighted by molar-refractivity contribution is 0.640. The molecule has 0 aromatic heterocycles. The van der Waals surface area contributed by atoms with Crippen LogP contribution in [-0.4, -0.2) is 13.1 Å². The standard InChI is InChI=1S/C14H20N2/c1-3-4-8-16-9-7-13-5-6-14(11-15)12(2)10-13/h5-6,10,16H,3-4,7-9H2,1-2H3. The Labute approximate surface area is 98.3 Å². The molecular formula is C14H20N2. The van der Waals surface area contributed by atoms with Gasteiger partial charge in [0.25, 0.3) is 0 Å². The summed E-state index contributed by atoms with van der Waals surface area (Å²) < 4.78 is 0. The molecule has 0 unspecified atom stereocenters. The zero-order valence-corrected chi connectivity index (χ0v) is 10.2. The number of nitrogens with zero attached hydrogens (tertiary/aromatic N) is 1. The van der Waals surface area contributed by atoms with E-state index in [0.29, 0.717) is 0 Å². The van der Waals surface area contributed by atoms with Crippen molar-refractivity contribution in [1.29, 1.82) is 5.26 Å². The van der Waals surface area contributed by atoms with Gasteiger partial charge in [-0.25, -0.2) is 0 Å². The van der Waals surface area contributed by atoms with Crippen molar-refractivity contribution in [1.82, 2.24) is 5.32 Å². The molecule has 1 aromatic carbocycles. The summed E-state index contributed by atoms with van der Waals surface area (Å²) >= 11 is 0. The maximum absolute atomic E-state index is 8.82. The monoisotopic (exact) mass is 216 g/mol. The van der Waals surface area contributed by atoms with Gasteiger partial charge in [0.2, 0.25) is 0 Å². The summed E-state index contributed by atoms with van der Waals surface area (Å²) in [6.45, 7) is 6.31. The van der Waals surface area contributed by atoms with Crippen LogP contribution in [0.25, 0.3) is 0 Å². The fraction of sp³-hybridized carbons (Fsp3) is 0.500. The van der Waals surface area contributed by atoms with Crippen molar-refractivity contribution in [2.45, 2.75) is 33.1 Å². The van der Waals surface area contributed by atoms with Crippen LogP contribution in [0, 0.1) is 18.3 Å². The number of rotatable bonds is 6. The predicted molar refractivity (Wildman–Crippen MR) is 67.4 cm³/mol. The molecule has 86 valence electrons. The molecule has 0 spiro atoms. The van der Waals surface area contributed by atoms with Crippen molar-refractivity contribution in [2.75, 3.05) is 13.1 Å². The van der Waals surface area contributed by atoms with E-state index >= 15 is 0 Å². The summed E-state index contributed by atoms with van der Waals surface area (Å²) in [7, 11) is 0. The van der Waals surface area contributed by atoms with Crippen molar-refractivity contribution in [3.8, 4) is 6.07 Å². The molecule has 0 saturated carbocycles. The van der Waals surface area contributed by atoms with E-state index in [4.69, 9.17) is 5.26 Å². The summed E-state index contributed by atoms with van der Waals surface area (Å²) in [6, 6.07) is 8.26. The molecule has 0 aliphatic heterocycles. The van der Waals surface area contributed by atoms with Crippen LogP contribution in [-0.2, 0) is 6.42 Å². The molecule has 16 heavy (non-hydrogen) atoms. The van der Waals surface area contributed by atoms with E-state index in [-0.39, 0.29) is 0 Å². The summed E-state index contributed by atoms with van der Waals surface area (Å²) in [6.07, 6.45) is 3.52. The molecule has 0 radical (unpaired) electrons. The Bertz CT molecular complexity index is 363. The Morgan fingerprint density at radius 1 is 1.31 bits per heavy atom. The van der Waals surface area contributed by atoms with Crippen LogP contribution in [0.1, 0.15) is 36.5 Å². The predicted octanol–water partition coefficient (Wildman–Crippen LogP) is 2.80. The van der Waals surface area contributed by atoms with E-state index in [1.807, 2.05) is 19.1 Å². The van der Waals surface area contributed by atoms with E-state index in [1.165, 1.54) is 18.4 Å². The Kier molecular flexibility index (Phi) is 5.60. The molecule has 0 fully saturated rings. The molecule has 0 aliphatic rings. The summed E-state index contributed by atoms with van der Waals surface area (Å²) in [4.78, 5) is 0. The first-order chi connectivity index (χ1) is 7.77. The van der Waals surface area contributed by atoms with Gasteiger partial charge in [-0.15, -0.1) is 0 Å². The van der Waals surface area contributed by atoms with Crippen LogP contribution in [0.4, 0.5) is 0 Å². The van der Waals surface area contributed by atoms with Crippen LogP contribution >= 0.6 is 0 Å². The van der Waals surface area contributed by atoms with Gasteiger partial charge in [-0.05, 0) is 50.0 Å². The highest BCUT2D eigenvalue weighted by molar-refractivity contribution is 5.39. The highest BCUT2D eigenvalue weighted by Gasteiger charge is 1.98. The molecule has 0 aliphatic carbocycles. The maximum Gasteiger partial charge on any atom is 0.0994 e. The van der Waals surface area contributed by atoms with Gasteiger partial charge in [0.1, 0.15) is 0 Å². The molecule has 0 bridgehead atoms. The average Bonchev–Trinajstić information content (AvgIpc) is 2.29. The SMILES string of the molecule is CCCCNCCc1ccc(C#N)c(C)c1. The number of nitrogens with one attached hydrogen (secondary N) is 1. The summed E-state index contributed by atoms with van der Waals surface area (Å²) in [5.74, 6) is 0. The molecule has 0 heterocycles. The Morgan fingerprint density at radius 2 is 2.12 bits per heavy atom. The van der Waals surface area contributed by atoms with Crippen molar-refractivity contribution in [3.63, 3.8) is 0 Å². The summed E-state index contributed by atoms with van der Waals surface area (Å²) in [5, 5.41) is 12.2. The number of benzene rings is 1. The van der Waals surface area contributed by atoms with E-state index in [2.05, 4.69) is 24.4 Å². The number of hydrogen-bond acceptors (Lipinski definition) is 2. The van der Waals surface area contributed by atoms with Gasteiger partial charge in [-0.2, -0.15) is 5.26 Å². The minimum absolute atomic E-state index is 0.780. The van der Waals surface area contributed by atoms with Gasteiger partial charge in [0.15, 0.2) is 0 Å². The normalized spacial score (nSPS) is 10.1. The van der Waals surface area contributed by atoms with Crippen LogP contribution in [0.15, 0.2) is 18.2 Å². The highest BCUT2D eigenvalue weighted by atomic mass is 14.8. The zero-order chi connectivity index (χ0) is 11.8. The first kappa shape index (κ1) is 12.7. The van der Waals surface area contributed by atoms with Crippen LogP contribution in [0.5, 0.6) is 0 Å². The molecule has 2 heteroatoms. The molecule has 0 atom stereocenters.